The lowest BCUT2D eigenvalue weighted by Crippen LogP contribution is -2.44. The number of likely N-dealkylation sites (N-methyl/N-ethyl adjacent to an activating group) is 1. The summed E-state index contributed by atoms with van der Waals surface area (Å²) >= 11 is 0. The van der Waals surface area contributed by atoms with E-state index in [1.807, 2.05) is 25.2 Å². The SMILES string of the molecule is CNC1CC(C)CCN(c2ccccn2)C1=O. The zero-order valence-electron chi connectivity index (χ0n) is 10.4. The van der Waals surface area contributed by atoms with Gasteiger partial charge in [-0.25, -0.2) is 4.98 Å². The van der Waals surface area contributed by atoms with Gasteiger partial charge in [0.05, 0.1) is 6.04 Å². The van der Waals surface area contributed by atoms with E-state index in [0.29, 0.717) is 5.92 Å². The Labute approximate surface area is 102 Å². The van der Waals surface area contributed by atoms with Crippen molar-refractivity contribution in [2.24, 2.45) is 5.92 Å². The third-order valence-corrected chi connectivity index (χ3v) is 3.32. The molecule has 2 heterocycles. The monoisotopic (exact) mass is 233 g/mol. The topological polar surface area (TPSA) is 45.2 Å². The van der Waals surface area contributed by atoms with Crippen LogP contribution in [0.2, 0.25) is 0 Å². The molecule has 1 aliphatic rings. The molecule has 4 nitrogen and oxygen atoms in total. The molecule has 1 aliphatic heterocycles. The molecule has 17 heavy (non-hydrogen) atoms. The van der Waals surface area contributed by atoms with Crippen LogP contribution >= 0.6 is 0 Å². The number of nitrogens with zero attached hydrogens (tertiary/aromatic N) is 2. The summed E-state index contributed by atoms with van der Waals surface area (Å²) in [7, 11) is 1.84. The van der Waals surface area contributed by atoms with Crippen LogP contribution in [0.3, 0.4) is 0 Å². The molecule has 0 radical (unpaired) electrons. The zero-order chi connectivity index (χ0) is 12.3. The Kier molecular flexibility index (Phi) is 3.74. The van der Waals surface area contributed by atoms with E-state index in [-0.39, 0.29) is 11.9 Å². The first-order valence-electron chi connectivity index (χ1n) is 6.12. The summed E-state index contributed by atoms with van der Waals surface area (Å²) in [6, 6.07) is 5.58. The number of carbonyl (C=O) groups excluding carboxylic acids is 1. The van der Waals surface area contributed by atoms with Gasteiger partial charge in [-0.1, -0.05) is 13.0 Å². The summed E-state index contributed by atoms with van der Waals surface area (Å²) in [5, 5.41) is 3.10. The van der Waals surface area contributed by atoms with Crippen LogP contribution in [-0.2, 0) is 4.79 Å². The minimum atomic E-state index is -0.0884. The maximum Gasteiger partial charge on any atom is 0.245 e. The zero-order valence-corrected chi connectivity index (χ0v) is 10.4. The van der Waals surface area contributed by atoms with E-state index in [1.165, 1.54) is 0 Å². The van der Waals surface area contributed by atoms with Crippen molar-refractivity contribution in [1.29, 1.82) is 0 Å². The van der Waals surface area contributed by atoms with Gasteiger partial charge in [-0.3, -0.25) is 9.69 Å². The van der Waals surface area contributed by atoms with Crippen molar-refractivity contribution in [1.82, 2.24) is 10.3 Å². The van der Waals surface area contributed by atoms with Crippen molar-refractivity contribution in [3.63, 3.8) is 0 Å². The molecule has 1 aromatic heterocycles. The number of anilines is 1. The van der Waals surface area contributed by atoms with Gasteiger partial charge in [0.15, 0.2) is 0 Å². The normalized spacial score (nSPS) is 25.8. The van der Waals surface area contributed by atoms with Crippen LogP contribution in [0.4, 0.5) is 5.82 Å². The van der Waals surface area contributed by atoms with Gasteiger partial charge in [0, 0.05) is 12.7 Å². The standard InChI is InChI=1S/C13H19N3O/c1-10-6-8-16(12-5-3-4-7-15-12)13(17)11(9-10)14-2/h3-5,7,10-11,14H,6,8-9H2,1-2H3. The Bertz CT molecular complexity index is 380. The molecule has 1 saturated heterocycles. The molecule has 1 amide bonds. The molecule has 92 valence electrons. The summed E-state index contributed by atoms with van der Waals surface area (Å²) in [6.07, 6.45) is 3.66. The lowest BCUT2D eigenvalue weighted by atomic mass is 10.0. The number of rotatable bonds is 2. The second-order valence-corrected chi connectivity index (χ2v) is 4.65. The molecule has 0 aliphatic carbocycles. The van der Waals surface area contributed by atoms with Gasteiger partial charge in [-0.15, -0.1) is 0 Å². The van der Waals surface area contributed by atoms with Crippen LogP contribution in [0, 0.1) is 5.92 Å². The van der Waals surface area contributed by atoms with Crippen LogP contribution in [0.25, 0.3) is 0 Å². The lowest BCUT2D eigenvalue weighted by Gasteiger charge is -2.22. The summed E-state index contributed by atoms with van der Waals surface area (Å²) in [5.41, 5.74) is 0. The predicted octanol–water partition coefficient (Wildman–Crippen LogP) is 1.43. The first-order valence-corrected chi connectivity index (χ1v) is 6.12. The van der Waals surface area contributed by atoms with Crippen molar-refractivity contribution >= 4 is 11.7 Å². The smallest absolute Gasteiger partial charge is 0.245 e. The largest absolute Gasteiger partial charge is 0.309 e. The Hall–Kier alpha value is -1.42. The summed E-state index contributed by atoms with van der Waals surface area (Å²) in [4.78, 5) is 18.4. The molecule has 1 fully saturated rings. The number of nitrogens with one attached hydrogen (secondary N) is 1. The van der Waals surface area contributed by atoms with Gasteiger partial charge in [0.1, 0.15) is 5.82 Å². The maximum absolute atomic E-state index is 12.3. The third-order valence-electron chi connectivity index (χ3n) is 3.32. The Morgan fingerprint density at radius 3 is 2.94 bits per heavy atom. The van der Waals surface area contributed by atoms with Gasteiger partial charge in [-0.05, 0) is 37.9 Å². The van der Waals surface area contributed by atoms with Crippen LogP contribution in [0.15, 0.2) is 24.4 Å². The summed E-state index contributed by atoms with van der Waals surface area (Å²) in [5.74, 6) is 1.45. The fourth-order valence-corrected chi connectivity index (χ4v) is 2.25. The van der Waals surface area contributed by atoms with Crippen molar-refractivity contribution in [2.45, 2.75) is 25.8 Å². The van der Waals surface area contributed by atoms with E-state index in [2.05, 4.69) is 17.2 Å². The van der Waals surface area contributed by atoms with Crippen LogP contribution in [0.1, 0.15) is 19.8 Å². The molecular weight excluding hydrogens is 214 g/mol. The van der Waals surface area contributed by atoms with E-state index in [1.54, 1.807) is 11.1 Å². The van der Waals surface area contributed by atoms with E-state index in [4.69, 9.17) is 0 Å². The average Bonchev–Trinajstić information content (AvgIpc) is 2.50. The summed E-state index contributed by atoms with van der Waals surface area (Å²) in [6.45, 7) is 2.95. The number of hydrogen-bond acceptors (Lipinski definition) is 3. The minimum absolute atomic E-state index is 0.0884. The number of amides is 1. The number of aromatic nitrogens is 1. The molecule has 1 N–H and O–H groups in total. The fraction of sp³-hybridized carbons (Fsp3) is 0.538. The molecule has 0 saturated carbocycles. The van der Waals surface area contributed by atoms with Gasteiger partial charge in [0.2, 0.25) is 5.91 Å². The third kappa shape index (κ3) is 2.64. The van der Waals surface area contributed by atoms with Crippen LogP contribution in [0.5, 0.6) is 0 Å². The average molecular weight is 233 g/mol. The van der Waals surface area contributed by atoms with Crippen molar-refractivity contribution in [3.05, 3.63) is 24.4 Å². The van der Waals surface area contributed by atoms with Crippen LogP contribution in [-0.4, -0.2) is 30.5 Å². The first kappa shape index (κ1) is 12.0. The van der Waals surface area contributed by atoms with Crippen molar-refractivity contribution < 1.29 is 4.79 Å². The molecule has 4 heteroatoms. The Morgan fingerprint density at radius 2 is 2.29 bits per heavy atom. The highest BCUT2D eigenvalue weighted by Crippen LogP contribution is 2.21. The Morgan fingerprint density at radius 1 is 1.47 bits per heavy atom. The fourth-order valence-electron chi connectivity index (χ4n) is 2.25. The minimum Gasteiger partial charge on any atom is -0.309 e. The van der Waals surface area contributed by atoms with E-state index in [9.17, 15) is 4.79 Å². The highest BCUT2D eigenvalue weighted by Gasteiger charge is 2.29. The van der Waals surface area contributed by atoms with Gasteiger partial charge in [0.25, 0.3) is 0 Å². The summed E-state index contributed by atoms with van der Waals surface area (Å²) < 4.78 is 0. The van der Waals surface area contributed by atoms with Crippen molar-refractivity contribution in [3.8, 4) is 0 Å². The van der Waals surface area contributed by atoms with Gasteiger partial charge >= 0.3 is 0 Å². The second-order valence-electron chi connectivity index (χ2n) is 4.65. The van der Waals surface area contributed by atoms with E-state index < -0.39 is 0 Å². The number of hydrogen-bond donors (Lipinski definition) is 1. The molecule has 2 unspecified atom stereocenters. The highest BCUT2D eigenvalue weighted by molar-refractivity contribution is 5.96. The van der Waals surface area contributed by atoms with Gasteiger partial charge in [-0.2, -0.15) is 0 Å². The maximum atomic E-state index is 12.3. The number of pyridine rings is 1. The molecule has 1 aromatic rings. The lowest BCUT2D eigenvalue weighted by molar-refractivity contribution is -0.120. The molecule has 2 atom stereocenters. The Balaban J connectivity index is 2.24. The molecule has 0 aromatic carbocycles. The van der Waals surface area contributed by atoms with E-state index in [0.717, 1.165) is 25.2 Å². The molecule has 2 rings (SSSR count). The molecule has 0 spiro atoms. The highest BCUT2D eigenvalue weighted by atomic mass is 16.2. The molecular formula is C13H19N3O. The van der Waals surface area contributed by atoms with Gasteiger partial charge < -0.3 is 5.32 Å². The quantitative estimate of drug-likeness (QED) is 0.840. The van der Waals surface area contributed by atoms with E-state index >= 15 is 0 Å². The second kappa shape index (κ2) is 5.27. The number of carbonyl (C=O) groups is 1. The van der Waals surface area contributed by atoms with Crippen molar-refractivity contribution in [2.75, 3.05) is 18.5 Å². The first-order chi connectivity index (χ1) is 8.22. The molecule has 0 bridgehead atoms. The predicted molar refractivity (Wildman–Crippen MR) is 67.8 cm³/mol. The van der Waals surface area contributed by atoms with Crippen LogP contribution < -0.4 is 10.2 Å².